The zero-order valence-electron chi connectivity index (χ0n) is 17.0. The third-order valence-corrected chi connectivity index (χ3v) is 5.30. The summed E-state index contributed by atoms with van der Waals surface area (Å²) in [5.41, 5.74) is 2.21. The Morgan fingerprint density at radius 3 is 2.53 bits per heavy atom. The number of benzene rings is 1. The fourth-order valence-electron chi connectivity index (χ4n) is 3.56. The predicted molar refractivity (Wildman–Crippen MR) is 109 cm³/mol. The Hall–Kier alpha value is -2.36. The number of aliphatic hydroxyl groups is 1. The summed E-state index contributed by atoms with van der Waals surface area (Å²) in [4.78, 5) is 39.2. The topological polar surface area (TPSA) is 128 Å². The van der Waals surface area contributed by atoms with Gasteiger partial charge in [0, 0.05) is 24.5 Å². The molecule has 1 saturated heterocycles. The van der Waals surface area contributed by atoms with E-state index in [-0.39, 0.29) is 12.5 Å². The normalized spacial score (nSPS) is 19.0. The molecule has 0 saturated carbocycles. The van der Waals surface area contributed by atoms with E-state index in [4.69, 9.17) is 21.5 Å². The predicted octanol–water partition coefficient (Wildman–Crippen LogP) is 2.01. The van der Waals surface area contributed by atoms with Crippen molar-refractivity contribution in [2.75, 3.05) is 13.1 Å². The Kier molecular flexibility index (Phi) is 8.88. The molecule has 30 heavy (non-hydrogen) atoms. The van der Waals surface area contributed by atoms with Crippen LogP contribution in [0.5, 0.6) is 0 Å². The van der Waals surface area contributed by atoms with E-state index < -0.39 is 36.2 Å². The van der Waals surface area contributed by atoms with Crippen LogP contribution >= 0.6 is 11.6 Å². The van der Waals surface area contributed by atoms with Crippen molar-refractivity contribution in [3.05, 3.63) is 34.9 Å². The summed E-state index contributed by atoms with van der Waals surface area (Å²) >= 11 is 5.96. The van der Waals surface area contributed by atoms with Crippen molar-refractivity contribution >= 4 is 29.5 Å². The number of nitrogens with one attached hydrogen (secondary N) is 2. The van der Waals surface area contributed by atoms with Gasteiger partial charge in [0.15, 0.2) is 6.23 Å². The third-order valence-electron chi connectivity index (χ3n) is 5.05. The molecule has 1 fully saturated rings. The molecule has 166 valence electrons. The molecule has 0 aliphatic carbocycles. The van der Waals surface area contributed by atoms with Gasteiger partial charge in [-0.2, -0.15) is 0 Å². The molecule has 0 aromatic heterocycles. The molecule has 0 bridgehead atoms. The van der Waals surface area contributed by atoms with Crippen LogP contribution in [0.25, 0.3) is 0 Å². The zero-order chi connectivity index (χ0) is 22.3. The second-order valence-electron chi connectivity index (χ2n) is 7.28. The first-order valence-electron chi connectivity index (χ1n) is 9.90. The van der Waals surface area contributed by atoms with Crippen molar-refractivity contribution in [3.8, 4) is 0 Å². The summed E-state index contributed by atoms with van der Waals surface area (Å²) in [6.07, 6.45) is -0.838. The van der Waals surface area contributed by atoms with Gasteiger partial charge in [-0.05, 0) is 37.5 Å². The summed E-state index contributed by atoms with van der Waals surface area (Å²) < 4.78 is 5.37. The fraction of sp³-hybridized carbons (Fsp3) is 0.550. The number of likely N-dealkylation sites (tertiary alicyclic amines) is 1. The van der Waals surface area contributed by atoms with Crippen molar-refractivity contribution in [3.63, 3.8) is 0 Å². The van der Waals surface area contributed by atoms with Crippen molar-refractivity contribution in [2.24, 2.45) is 5.92 Å². The second-order valence-corrected chi connectivity index (χ2v) is 7.72. The van der Waals surface area contributed by atoms with E-state index in [9.17, 15) is 19.5 Å². The second kappa shape index (κ2) is 11.1. The molecule has 10 heteroatoms. The van der Waals surface area contributed by atoms with Crippen LogP contribution < -0.4 is 10.8 Å². The van der Waals surface area contributed by atoms with Gasteiger partial charge in [-0.1, -0.05) is 30.7 Å². The number of alkyl carbamates (subject to hydrolysis) is 1. The van der Waals surface area contributed by atoms with Gasteiger partial charge in [0.05, 0.1) is 17.9 Å². The Morgan fingerprint density at radius 1 is 1.30 bits per heavy atom. The highest BCUT2D eigenvalue weighted by Gasteiger charge is 2.41. The molecule has 1 heterocycles. The van der Waals surface area contributed by atoms with Gasteiger partial charge in [0.2, 0.25) is 11.8 Å². The molecule has 9 nitrogen and oxygen atoms in total. The molecular formula is C20H28ClN3O6. The molecule has 0 unspecified atom stereocenters. The average Bonchev–Trinajstić information content (AvgIpc) is 3.18. The Bertz CT molecular complexity index is 743. The van der Waals surface area contributed by atoms with Crippen LogP contribution in [0.3, 0.4) is 0 Å². The molecular weight excluding hydrogens is 414 g/mol. The van der Waals surface area contributed by atoms with Crippen molar-refractivity contribution in [2.45, 2.75) is 51.4 Å². The van der Waals surface area contributed by atoms with Crippen LogP contribution in [0.1, 0.15) is 44.6 Å². The number of ether oxygens (including phenoxy) is 1. The quantitative estimate of drug-likeness (QED) is 0.361. The highest BCUT2D eigenvalue weighted by atomic mass is 35.5. The molecule has 1 aliphatic rings. The molecule has 2 rings (SSSR count). The fourth-order valence-corrected chi connectivity index (χ4v) is 3.68. The lowest BCUT2D eigenvalue weighted by Gasteiger charge is -2.31. The molecule has 3 amide bonds. The summed E-state index contributed by atoms with van der Waals surface area (Å²) in [6.45, 7) is 3.67. The van der Waals surface area contributed by atoms with Gasteiger partial charge < -0.3 is 20.1 Å². The van der Waals surface area contributed by atoms with Gasteiger partial charge >= 0.3 is 6.09 Å². The van der Waals surface area contributed by atoms with E-state index in [1.165, 1.54) is 11.8 Å². The van der Waals surface area contributed by atoms with Crippen LogP contribution in [0.2, 0.25) is 5.02 Å². The maximum atomic E-state index is 13.5. The van der Waals surface area contributed by atoms with E-state index in [2.05, 4.69) is 5.32 Å². The molecule has 0 spiro atoms. The number of hydroxylamine groups is 1. The Balaban J connectivity index is 2.26. The van der Waals surface area contributed by atoms with Gasteiger partial charge in [-0.15, -0.1) is 0 Å². The molecule has 1 aliphatic heterocycles. The summed E-state index contributed by atoms with van der Waals surface area (Å²) in [6, 6.07) is 6.59. The van der Waals surface area contributed by atoms with E-state index in [1.807, 2.05) is 0 Å². The maximum Gasteiger partial charge on any atom is 0.409 e. The molecule has 4 N–H and O–H groups in total. The first kappa shape index (κ1) is 23.9. The van der Waals surface area contributed by atoms with Crippen LogP contribution in [0.15, 0.2) is 24.3 Å². The Labute approximate surface area is 180 Å². The number of hydrogen-bond donors (Lipinski definition) is 4. The van der Waals surface area contributed by atoms with Crippen molar-refractivity contribution in [1.82, 2.24) is 15.7 Å². The molecule has 1 aromatic rings. The highest BCUT2D eigenvalue weighted by Crippen LogP contribution is 2.33. The highest BCUT2D eigenvalue weighted by molar-refractivity contribution is 6.30. The lowest BCUT2D eigenvalue weighted by atomic mass is 9.82. The van der Waals surface area contributed by atoms with E-state index in [0.717, 1.165) is 0 Å². The lowest BCUT2D eigenvalue weighted by molar-refractivity contribution is -0.146. The number of carbonyl (C=O) groups is 3. The first-order chi connectivity index (χ1) is 14.3. The van der Waals surface area contributed by atoms with Gasteiger partial charge in [0.1, 0.15) is 0 Å². The smallest absolute Gasteiger partial charge is 0.409 e. The van der Waals surface area contributed by atoms with E-state index in [1.54, 1.807) is 36.7 Å². The summed E-state index contributed by atoms with van der Waals surface area (Å²) in [7, 11) is 0. The SMILES string of the molecule is CC[C@H](C(=O)NO)[C@H](C(=O)N1CCC[C@@H]1OC(=O)NC[C@H](C)O)c1ccc(Cl)cc1. The summed E-state index contributed by atoms with van der Waals surface area (Å²) in [5.74, 6) is -2.76. The van der Waals surface area contributed by atoms with Crippen LogP contribution in [0, 0.1) is 5.92 Å². The number of amides is 3. The minimum atomic E-state index is -0.885. The van der Waals surface area contributed by atoms with Gasteiger partial charge in [-0.25, -0.2) is 10.3 Å². The minimum Gasteiger partial charge on any atom is -0.425 e. The van der Waals surface area contributed by atoms with E-state index in [0.29, 0.717) is 36.4 Å². The number of halogens is 1. The Morgan fingerprint density at radius 2 is 1.97 bits per heavy atom. The number of hydrogen-bond acceptors (Lipinski definition) is 6. The number of carbonyl (C=O) groups excluding carboxylic acids is 3. The molecule has 4 atom stereocenters. The largest absolute Gasteiger partial charge is 0.425 e. The molecule has 1 aromatic carbocycles. The summed E-state index contributed by atoms with van der Waals surface area (Å²) in [5, 5.41) is 21.4. The van der Waals surface area contributed by atoms with E-state index >= 15 is 0 Å². The zero-order valence-corrected chi connectivity index (χ0v) is 17.8. The monoisotopic (exact) mass is 441 g/mol. The van der Waals surface area contributed by atoms with Crippen LogP contribution in [-0.4, -0.2) is 58.5 Å². The number of rotatable bonds is 8. The lowest BCUT2D eigenvalue weighted by Crippen LogP contribution is -2.46. The van der Waals surface area contributed by atoms with Crippen LogP contribution in [0.4, 0.5) is 4.79 Å². The van der Waals surface area contributed by atoms with Crippen molar-refractivity contribution in [1.29, 1.82) is 0 Å². The first-order valence-corrected chi connectivity index (χ1v) is 10.3. The van der Waals surface area contributed by atoms with Gasteiger partial charge in [-0.3, -0.25) is 14.8 Å². The number of aliphatic hydroxyl groups excluding tert-OH is 1. The maximum absolute atomic E-state index is 13.5. The average molecular weight is 442 g/mol. The van der Waals surface area contributed by atoms with Crippen molar-refractivity contribution < 1.29 is 29.4 Å². The third kappa shape index (κ3) is 6.07. The molecule has 0 radical (unpaired) electrons. The van der Waals surface area contributed by atoms with Crippen LogP contribution in [-0.2, 0) is 14.3 Å². The minimum absolute atomic E-state index is 0.0292. The number of nitrogens with zero attached hydrogens (tertiary/aromatic N) is 1. The standard InChI is InChI=1S/C20H28ClN3O6/c1-3-15(18(26)23-29)17(13-6-8-14(21)9-7-13)19(27)24-10-4-5-16(24)30-20(28)22-11-12(2)25/h6-9,12,15-17,25,29H,3-5,10-11H2,1-2H3,(H,22,28)(H,23,26)/t12-,15-,16-,17+/m0/s1. The van der Waals surface area contributed by atoms with Gasteiger partial charge in [0.25, 0.3) is 0 Å².